The van der Waals surface area contributed by atoms with Gasteiger partial charge >= 0.3 is 0 Å². The highest BCUT2D eigenvalue weighted by Crippen LogP contribution is 2.22. The van der Waals surface area contributed by atoms with Crippen molar-refractivity contribution in [2.24, 2.45) is 0 Å². The summed E-state index contributed by atoms with van der Waals surface area (Å²) in [7, 11) is 1.87. The van der Waals surface area contributed by atoms with E-state index in [0.29, 0.717) is 11.7 Å². The van der Waals surface area contributed by atoms with Gasteiger partial charge in [0.2, 0.25) is 5.91 Å². The van der Waals surface area contributed by atoms with E-state index in [4.69, 9.17) is 0 Å². The molecular formula is C14H24N4O2. The fourth-order valence-corrected chi connectivity index (χ4v) is 2.58. The molecule has 1 saturated carbocycles. The largest absolute Gasteiger partial charge is 0.384 e. The molecule has 1 aromatic rings. The van der Waals surface area contributed by atoms with Crippen LogP contribution < -0.4 is 0 Å². The SMILES string of the molecule is CN(C(=O)Cn1cc(C(C)(C)O)nn1)C1CCCCC1. The average Bonchev–Trinajstić information content (AvgIpc) is 2.87. The number of hydrogen-bond acceptors (Lipinski definition) is 4. The Morgan fingerprint density at radius 1 is 1.45 bits per heavy atom. The number of amides is 1. The number of likely N-dealkylation sites (N-methyl/N-ethyl adjacent to an activating group) is 1. The number of rotatable bonds is 4. The Kier molecular flexibility index (Phi) is 4.42. The van der Waals surface area contributed by atoms with Gasteiger partial charge in [0.1, 0.15) is 17.8 Å². The lowest BCUT2D eigenvalue weighted by molar-refractivity contribution is -0.133. The summed E-state index contributed by atoms with van der Waals surface area (Å²) in [5.41, 5.74) is -0.554. The highest BCUT2D eigenvalue weighted by Gasteiger charge is 2.24. The van der Waals surface area contributed by atoms with Gasteiger partial charge < -0.3 is 10.0 Å². The molecule has 0 radical (unpaired) electrons. The molecule has 1 fully saturated rings. The molecule has 0 aromatic carbocycles. The highest BCUT2D eigenvalue weighted by atomic mass is 16.3. The summed E-state index contributed by atoms with van der Waals surface area (Å²) >= 11 is 0. The van der Waals surface area contributed by atoms with E-state index in [-0.39, 0.29) is 12.5 Å². The van der Waals surface area contributed by atoms with Crippen molar-refractivity contribution in [3.63, 3.8) is 0 Å². The maximum absolute atomic E-state index is 12.2. The molecule has 6 heteroatoms. The summed E-state index contributed by atoms with van der Waals surface area (Å²) in [5, 5.41) is 17.7. The standard InChI is InChI=1S/C14H24N4O2/c1-14(2,20)12-9-18(16-15-12)10-13(19)17(3)11-7-5-4-6-8-11/h9,11,20H,4-8,10H2,1-3H3. The van der Waals surface area contributed by atoms with Gasteiger partial charge in [-0.15, -0.1) is 5.10 Å². The van der Waals surface area contributed by atoms with E-state index < -0.39 is 5.60 Å². The van der Waals surface area contributed by atoms with E-state index in [1.807, 2.05) is 11.9 Å². The highest BCUT2D eigenvalue weighted by molar-refractivity contribution is 5.75. The Hall–Kier alpha value is -1.43. The van der Waals surface area contributed by atoms with Crippen molar-refractivity contribution in [1.29, 1.82) is 0 Å². The second-order valence-corrected chi connectivity index (χ2v) is 6.16. The normalized spacial score (nSPS) is 17.2. The molecule has 1 aliphatic rings. The first-order valence-corrected chi connectivity index (χ1v) is 7.26. The van der Waals surface area contributed by atoms with Crippen LogP contribution in [0.5, 0.6) is 0 Å². The smallest absolute Gasteiger partial charge is 0.244 e. The van der Waals surface area contributed by atoms with Crippen molar-refractivity contribution in [3.8, 4) is 0 Å². The number of carbonyl (C=O) groups is 1. The minimum Gasteiger partial charge on any atom is -0.384 e. The third kappa shape index (κ3) is 3.56. The van der Waals surface area contributed by atoms with E-state index in [9.17, 15) is 9.90 Å². The second kappa shape index (κ2) is 5.91. The molecule has 0 unspecified atom stereocenters. The van der Waals surface area contributed by atoms with E-state index in [1.54, 1.807) is 20.0 Å². The van der Waals surface area contributed by atoms with E-state index in [1.165, 1.54) is 23.9 Å². The molecule has 2 rings (SSSR count). The molecule has 0 atom stereocenters. The van der Waals surface area contributed by atoms with Gasteiger partial charge in [-0.05, 0) is 26.7 Å². The molecule has 0 bridgehead atoms. The Balaban J connectivity index is 1.95. The van der Waals surface area contributed by atoms with E-state index >= 15 is 0 Å². The van der Waals surface area contributed by atoms with Gasteiger partial charge in [0.05, 0.1) is 6.20 Å². The first kappa shape index (κ1) is 15.0. The first-order valence-electron chi connectivity index (χ1n) is 7.26. The fourth-order valence-electron chi connectivity index (χ4n) is 2.58. The Labute approximate surface area is 119 Å². The predicted octanol–water partition coefficient (Wildman–Crippen LogP) is 1.30. The number of aromatic nitrogens is 3. The summed E-state index contributed by atoms with van der Waals surface area (Å²) in [6.07, 6.45) is 7.50. The number of aliphatic hydroxyl groups is 1. The lowest BCUT2D eigenvalue weighted by Gasteiger charge is -2.31. The molecule has 1 N–H and O–H groups in total. The molecule has 0 spiro atoms. The molecule has 1 aliphatic carbocycles. The van der Waals surface area contributed by atoms with Crippen LogP contribution in [0.15, 0.2) is 6.20 Å². The van der Waals surface area contributed by atoms with Crippen LogP contribution in [-0.2, 0) is 16.9 Å². The van der Waals surface area contributed by atoms with Crippen LogP contribution >= 0.6 is 0 Å². The van der Waals surface area contributed by atoms with Crippen LogP contribution in [0.2, 0.25) is 0 Å². The van der Waals surface area contributed by atoms with Crippen LogP contribution in [0, 0.1) is 0 Å². The Morgan fingerprint density at radius 3 is 2.65 bits per heavy atom. The molecule has 0 aliphatic heterocycles. The van der Waals surface area contributed by atoms with Crippen molar-refractivity contribution >= 4 is 5.91 Å². The summed E-state index contributed by atoms with van der Waals surface area (Å²) in [6, 6.07) is 0.355. The topological polar surface area (TPSA) is 71.2 Å². The van der Waals surface area contributed by atoms with Crippen LogP contribution in [0.4, 0.5) is 0 Å². The molecule has 6 nitrogen and oxygen atoms in total. The van der Waals surface area contributed by atoms with Gasteiger partial charge in [0.15, 0.2) is 0 Å². The summed E-state index contributed by atoms with van der Waals surface area (Å²) in [4.78, 5) is 14.1. The second-order valence-electron chi connectivity index (χ2n) is 6.16. The fraction of sp³-hybridized carbons (Fsp3) is 0.786. The third-order valence-electron chi connectivity index (χ3n) is 3.98. The lowest BCUT2D eigenvalue weighted by atomic mass is 9.94. The average molecular weight is 280 g/mol. The van der Waals surface area contributed by atoms with Crippen molar-refractivity contribution < 1.29 is 9.90 Å². The molecule has 1 aromatic heterocycles. The zero-order chi connectivity index (χ0) is 14.8. The predicted molar refractivity (Wildman–Crippen MR) is 74.9 cm³/mol. The van der Waals surface area contributed by atoms with Gasteiger partial charge in [0, 0.05) is 13.1 Å². The summed E-state index contributed by atoms with van der Waals surface area (Å²) in [6.45, 7) is 3.48. The van der Waals surface area contributed by atoms with Crippen molar-refractivity contribution in [2.45, 2.75) is 64.1 Å². The van der Waals surface area contributed by atoms with Crippen LogP contribution in [0.1, 0.15) is 51.6 Å². The third-order valence-corrected chi connectivity index (χ3v) is 3.98. The molecule has 20 heavy (non-hydrogen) atoms. The number of hydrogen-bond donors (Lipinski definition) is 1. The lowest BCUT2D eigenvalue weighted by Crippen LogP contribution is -2.40. The number of nitrogens with zero attached hydrogens (tertiary/aromatic N) is 4. The minimum absolute atomic E-state index is 0.0455. The molecular weight excluding hydrogens is 256 g/mol. The van der Waals surface area contributed by atoms with E-state index in [2.05, 4.69) is 10.3 Å². The monoisotopic (exact) mass is 280 g/mol. The molecule has 1 heterocycles. The molecule has 112 valence electrons. The Bertz CT molecular complexity index is 458. The molecule has 0 saturated heterocycles. The zero-order valence-corrected chi connectivity index (χ0v) is 12.5. The number of carbonyl (C=O) groups excluding carboxylic acids is 1. The van der Waals surface area contributed by atoms with Gasteiger partial charge in [-0.1, -0.05) is 24.5 Å². The first-order chi connectivity index (χ1) is 9.38. The summed E-state index contributed by atoms with van der Waals surface area (Å²) in [5.74, 6) is 0.0455. The quantitative estimate of drug-likeness (QED) is 0.902. The van der Waals surface area contributed by atoms with Crippen LogP contribution in [0.25, 0.3) is 0 Å². The van der Waals surface area contributed by atoms with E-state index in [0.717, 1.165) is 12.8 Å². The van der Waals surface area contributed by atoms with Gasteiger partial charge in [-0.3, -0.25) is 4.79 Å². The molecule has 1 amide bonds. The summed E-state index contributed by atoms with van der Waals surface area (Å²) < 4.78 is 1.50. The van der Waals surface area contributed by atoms with Gasteiger partial charge in [0.25, 0.3) is 0 Å². The minimum atomic E-state index is -1.03. The maximum atomic E-state index is 12.2. The van der Waals surface area contributed by atoms with Gasteiger partial charge in [-0.2, -0.15) is 0 Å². The van der Waals surface area contributed by atoms with Crippen molar-refractivity contribution in [3.05, 3.63) is 11.9 Å². The van der Waals surface area contributed by atoms with Crippen LogP contribution in [-0.4, -0.2) is 44.0 Å². The van der Waals surface area contributed by atoms with Crippen LogP contribution in [0.3, 0.4) is 0 Å². The zero-order valence-electron chi connectivity index (χ0n) is 12.5. The van der Waals surface area contributed by atoms with Crippen molar-refractivity contribution in [2.75, 3.05) is 7.05 Å². The Morgan fingerprint density at radius 2 is 2.10 bits per heavy atom. The van der Waals surface area contributed by atoms with Crippen molar-refractivity contribution in [1.82, 2.24) is 19.9 Å². The maximum Gasteiger partial charge on any atom is 0.244 e. The van der Waals surface area contributed by atoms with Gasteiger partial charge in [-0.25, -0.2) is 4.68 Å².